The molecule has 0 amide bonds. The molecule has 0 fully saturated rings. The van der Waals surface area contributed by atoms with E-state index < -0.39 is 0 Å². The number of H-pyrrole nitrogens is 1. The zero-order chi connectivity index (χ0) is 19.0. The molecule has 0 aliphatic rings. The third kappa shape index (κ3) is 3.17. The van der Waals surface area contributed by atoms with Crippen LogP contribution < -0.4 is 5.56 Å². The van der Waals surface area contributed by atoms with Gasteiger partial charge in [-0.05, 0) is 29.9 Å². The van der Waals surface area contributed by atoms with Crippen molar-refractivity contribution in [1.82, 2.24) is 19.7 Å². The maximum absolute atomic E-state index is 12.4. The van der Waals surface area contributed by atoms with Crippen molar-refractivity contribution in [2.75, 3.05) is 0 Å². The van der Waals surface area contributed by atoms with Crippen molar-refractivity contribution in [2.45, 2.75) is 53.2 Å². The number of rotatable bonds is 5. The van der Waals surface area contributed by atoms with Crippen molar-refractivity contribution in [2.24, 2.45) is 5.92 Å². The van der Waals surface area contributed by atoms with Crippen molar-refractivity contribution in [3.8, 4) is 0 Å². The van der Waals surface area contributed by atoms with E-state index in [-0.39, 0.29) is 24.1 Å². The highest BCUT2D eigenvalue weighted by Crippen LogP contribution is 2.30. The minimum Gasteiger partial charge on any atom is -0.390 e. The van der Waals surface area contributed by atoms with Gasteiger partial charge in [0, 0.05) is 0 Å². The highest BCUT2D eigenvalue weighted by atomic mass is 16.3. The lowest BCUT2D eigenvalue weighted by atomic mass is 9.93. The van der Waals surface area contributed by atoms with E-state index in [1.54, 1.807) is 11.6 Å². The second-order valence-electron chi connectivity index (χ2n) is 7.41. The first-order chi connectivity index (χ1) is 12.3. The minimum atomic E-state index is -0.297. The van der Waals surface area contributed by atoms with Crippen LogP contribution in [0.1, 0.15) is 62.3 Å². The van der Waals surface area contributed by atoms with E-state index in [9.17, 15) is 9.90 Å². The maximum atomic E-state index is 12.4. The van der Waals surface area contributed by atoms with Crippen molar-refractivity contribution >= 4 is 11.0 Å². The molecule has 1 aromatic carbocycles. The van der Waals surface area contributed by atoms with Crippen molar-refractivity contribution in [3.63, 3.8) is 0 Å². The van der Waals surface area contributed by atoms with Gasteiger partial charge in [0.15, 0.2) is 5.65 Å². The largest absolute Gasteiger partial charge is 0.390 e. The number of aromatic amines is 1. The number of aliphatic hydroxyl groups excluding tert-OH is 1. The van der Waals surface area contributed by atoms with Gasteiger partial charge in [-0.15, -0.1) is 0 Å². The van der Waals surface area contributed by atoms with E-state index in [1.165, 1.54) is 5.56 Å². The maximum Gasteiger partial charge on any atom is 0.262 e. The Labute approximate surface area is 152 Å². The molecular formula is C20H26N4O2. The van der Waals surface area contributed by atoms with Gasteiger partial charge in [0.2, 0.25) is 0 Å². The quantitative estimate of drug-likeness (QED) is 0.736. The summed E-state index contributed by atoms with van der Waals surface area (Å²) in [4.78, 5) is 19.6. The van der Waals surface area contributed by atoms with E-state index in [1.807, 2.05) is 0 Å². The number of fused-ring (bicyclic) bond motifs is 1. The first kappa shape index (κ1) is 18.3. The Bertz CT molecular complexity index is 968. The summed E-state index contributed by atoms with van der Waals surface area (Å²) in [6, 6.07) is 8.44. The fraction of sp³-hybridized carbons (Fsp3) is 0.450. The van der Waals surface area contributed by atoms with Crippen LogP contribution >= 0.6 is 0 Å². The van der Waals surface area contributed by atoms with Gasteiger partial charge >= 0.3 is 0 Å². The topological polar surface area (TPSA) is 83.8 Å². The van der Waals surface area contributed by atoms with Crippen LogP contribution in [0.25, 0.3) is 11.0 Å². The van der Waals surface area contributed by atoms with Gasteiger partial charge in [-0.25, -0.2) is 9.67 Å². The average Bonchev–Trinajstić information content (AvgIpc) is 2.94. The molecule has 0 saturated carbocycles. The Hall–Kier alpha value is -2.47. The lowest BCUT2D eigenvalue weighted by Gasteiger charge is -2.23. The van der Waals surface area contributed by atoms with Crippen LogP contribution in [0.5, 0.6) is 0 Å². The summed E-state index contributed by atoms with van der Waals surface area (Å²) in [6.45, 7) is 10.0. The molecular weight excluding hydrogens is 328 g/mol. The van der Waals surface area contributed by atoms with Crippen LogP contribution in [0.3, 0.4) is 0 Å². The molecule has 2 aromatic heterocycles. The lowest BCUT2D eigenvalue weighted by Crippen LogP contribution is -2.19. The van der Waals surface area contributed by atoms with E-state index in [0.29, 0.717) is 28.5 Å². The first-order valence-electron chi connectivity index (χ1n) is 9.02. The number of hydrogen-bond acceptors (Lipinski definition) is 4. The Morgan fingerprint density at radius 2 is 1.73 bits per heavy atom. The first-order valence-corrected chi connectivity index (χ1v) is 9.02. The Kier molecular flexibility index (Phi) is 4.96. The summed E-state index contributed by atoms with van der Waals surface area (Å²) >= 11 is 0. The number of nitrogens with zero attached hydrogens (tertiary/aromatic N) is 3. The number of hydrogen-bond donors (Lipinski definition) is 2. The smallest absolute Gasteiger partial charge is 0.262 e. The van der Waals surface area contributed by atoms with E-state index in [0.717, 1.165) is 5.56 Å². The molecule has 0 aliphatic heterocycles. The second kappa shape index (κ2) is 7.03. The molecule has 6 nitrogen and oxygen atoms in total. The van der Waals surface area contributed by atoms with Crippen LogP contribution in [-0.2, 0) is 6.61 Å². The molecule has 1 atom stereocenters. The molecule has 3 aromatic rings. The highest BCUT2D eigenvalue weighted by Gasteiger charge is 2.25. The minimum absolute atomic E-state index is 0.0762. The molecule has 6 heteroatoms. The Morgan fingerprint density at radius 3 is 2.27 bits per heavy atom. The van der Waals surface area contributed by atoms with Gasteiger partial charge in [-0.2, -0.15) is 5.10 Å². The molecule has 0 radical (unpaired) electrons. The van der Waals surface area contributed by atoms with Crippen LogP contribution in [-0.4, -0.2) is 24.9 Å². The van der Waals surface area contributed by atoms with Gasteiger partial charge in [-0.3, -0.25) is 4.79 Å². The second-order valence-corrected chi connectivity index (χ2v) is 7.41. The molecule has 138 valence electrons. The lowest BCUT2D eigenvalue weighted by molar-refractivity contribution is 0.274. The fourth-order valence-corrected chi connectivity index (χ4v) is 3.42. The van der Waals surface area contributed by atoms with Gasteiger partial charge in [-0.1, -0.05) is 52.0 Å². The molecule has 2 N–H and O–H groups in total. The molecule has 1 unspecified atom stereocenters. The summed E-state index contributed by atoms with van der Waals surface area (Å²) in [7, 11) is 0. The molecule has 0 bridgehead atoms. The highest BCUT2D eigenvalue weighted by molar-refractivity contribution is 5.77. The van der Waals surface area contributed by atoms with Crippen molar-refractivity contribution < 1.29 is 5.11 Å². The Morgan fingerprint density at radius 1 is 1.12 bits per heavy atom. The summed E-state index contributed by atoms with van der Waals surface area (Å²) in [5.41, 5.74) is 3.00. The normalized spacial score (nSPS) is 13.1. The number of benzene rings is 1. The number of aliphatic hydroxyl groups is 1. The standard InChI is InChI=1S/C20H26N4O2/c1-11(2)14-6-8-15(9-7-14)18(12(3)4)24-19-17(16(10-25)23-24)20(26)22-13(5)21-19/h6-9,11-12,18,25H,10H2,1-5H3,(H,21,22,26). The van der Waals surface area contributed by atoms with Gasteiger partial charge < -0.3 is 10.1 Å². The average molecular weight is 354 g/mol. The third-order valence-corrected chi connectivity index (χ3v) is 4.74. The summed E-state index contributed by atoms with van der Waals surface area (Å²) in [5, 5.41) is 14.6. The number of aromatic nitrogens is 4. The van der Waals surface area contributed by atoms with Crippen molar-refractivity contribution in [1.29, 1.82) is 0 Å². The molecule has 3 rings (SSSR count). The van der Waals surface area contributed by atoms with Gasteiger partial charge in [0.05, 0.1) is 12.6 Å². The summed E-state index contributed by atoms with van der Waals surface area (Å²) < 4.78 is 1.79. The SMILES string of the molecule is Cc1nc2c(c(CO)nn2C(c2ccc(C(C)C)cc2)C(C)C)c(=O)[nH]1. The zero-order valence-electron chi connectivity index (χ0n) is 15.9. The predicted molar refractivity (Wildman–Crippen MR) is 102 cm³/mol. The molecule has 2 heterocycles. The summed E-state index contributed by atoms with van der Waals surface area (Å²) in [5.74, 6) is 1.23. The van der Waals surface area contributed by atoms with Crippen LogP contribution in [0.4, 0.5) is 0 Å². The molecule has 0 spiro atoms. The zero-order valence-corrected chi connectivity index (χ0v) is 15.9. The molecule has 26 heavy (non-hydrogen) atoms. The summed E-state index contributed by atoms with van der Waals surface area (Å²) in [6.07, 6.45) is 0. The molecule has 0 aliphatic carbocycles. The fourth-order valence-electron chi connectivity index (χ4n) is 3.42. The number of aryl methyl sites for hydroxylation is 1. The Balaban J connectivity index is 2.22. The predicted octanol–water partition coefficient (Wildman–Crippen LogP) is 3.29. The molecule has 0 saturated heterocycles. The van der Waals surface area contributed by atoms with Crippen LogP contribution in [0.2, 0.25) is 0 Å². The van der Waals surface area contributed by atoms with E-state index >= 15 is 0 Å². The van der Waals surface area contributed by atoms with Crippen LogP contribution in [0, 0.1) is 12.8 Å². The monoisotopic (exact) mass is 354 g/mol. The van der Waals surface area contributed by atoms with E-state index in [2.05, 4.69) is 67.0 Å². The van der Waals surface area contributed by atoms with E-state index in [4.69, 9.17) is 0 Å². The van der Waals surface area contributed by atoms with Gasteiger partial charge in [0.25, 0.3) is 5.56 Å². The van der Waals surface area contributed by atoms with Crippen molar-refractivity contribution in [3.05, 3.63) is 57.3 Å². The van der Waals surface area contributed by atoms with Gasteiger partial charge in [0.1, 0.15) is 16.9 Å². The van der Waals surface area contributed by atoms with Crippen LogP contribution in [0.15, 0.2) is 29.1 Å². The third-order valence-electron chi connectivity index (χ3n) is 4.74. The number of nitrogens with one attached hydrogen (secondary N) is 1.